The molecule has 0 radical (unpaired) electrons. The van der Waals surface area contributed by atoms with Crippen molar-refractivity contribution in [2.75, 3.05) is 6.61 Å². The van der Waals surface area contributed by atoms with Crippen molar-refractivity contribution in [1.82, 2.24) is 0 Å². The largest absolute Gasteiger partial charge is 0.463 e. The van der Waals surface area contributed by atoms with Gasteiger partial charge in [-0.15, -0.1) is 0 Å². The van der Waals surface area contributed by atoms with E-state index in [4.69, 9.17) is 13.6 Å². The van der Waals surface area contributed by atoms with Gasteiger partial charge in [0.05, 0.1) is 6.61 Å². The lowest BCUT2D eigenvalue weighted by Crippen LogP contribution is -2.23. The molecule has 6 rings (SSSR count). The lowest BCUT2D eigenvalue weighted by atomic mass is 10.0. The average Bonchev–Trinajstić information content (AvgIpc) is 3.08. The van der Waals surface area contributed by atoms with Crippen molar-refractivity contribution in [2.45, 2.75) is 19.8 Å². The van der Waals surface area contributed by atoms with Gasteiger partial charge in [0.2, 0.25) is 0 Å². The van der Waals surface area contributed by atoms with E-state index in [-0.39, 0.29) is 5.92 Å². The maximum absolute atomic E-state index is 6.93. The second-order valence-corrected chi connectivity index (χ2v) is 14.1. The molecule has 0 aliphatic carbocycles. The van der Waals surface area contributed by atoms with E-state index in [0.29, 0.717) is 12.4 Å². The predicted octanol–water partition coefficient (Wildman–Crippen LogP) is 10.1. The second kappa shape index (κ2) is 15.2. The van der Waals surface area contributed by atoms with Crippen LogP contribution < -0.4 is 25.0 Å². The minimum absolute atomic E-state index is 0.235. The first-order valence-electron chi connectivity index (χ1n) is 15.2. The topological polar surface area (TPSA) is 27.7 Å². The Kier molecular flexibility index (Phi) is 10.4. The van der Waals surface area contributed by atoms with Crippen molar-refractivity contribution in [1.29, 1.82) is 0 Å². The molecule has 1 unspecified atom stereocenters. The summed E-state index contributed by atoms with van der Waals surface area (Å²) in [5, 5.41) is 5.93. The third-order valence-corrected chi connectivity index (χ3v) is 10.9. The molecule has 0 fully saturated rings. The number of rotatable bonds is 12. The maximum atomic E-state index is 6.93. The van der Waals surface area contributed by atoms with Gasteiger partial charge >= 0.3 is 8.60 Å². The molecule has 0 heterocycles. The summed E-state index contributed by atoms with van der Waals surface area (Å²) in [5.41, 5.74) is 2.25. The summed E-state index contributed by atoms with van der Waals surface area (Å²) >= 11 is 0. The highest BCUT2D eigenvalue weighted by molar-refractivity contribution is 7.80. The highest BCUT2D eigenvalue weighted by Gasteiger charge is 2.27. The quantitative estimate of drug-likeness (QED) is 0.127. The fourth-order valence-electron chi connectivity index (χ4n) is 5.16. The lowest BCUT2D eigenvalue weighted by Gasteiger charge is -2.26. The lowest BCUT2D eigenvalue weighted by molar-refractivity contribution is 0.294. The summed E-state index contributed by atoms with van der Waals surface area (Å²) in [6.45, 7) is 4.75. The van der Waals surface area contributed by atoms with Crippen LogP contribution >= 0.6 is 16.5 Å². The molecule has 6 aromatic rings. The van der Waals surface area contributed by atoms with Crippen LogP contribution in [-0.4, -0.2) is 6.61 Å². The molecule has 1 atom stereocenters. The molecule has 5 heteroatoms. The Hall–Kier alpha value is -4.26. The molecule has 0 aromatic heterocycles. The third kappa shape index (κ3) is 7.88. The molecular formula is C40H36O3P2. The molecule has 0 bridgehead atoms. The Balaban J connectivity index is 1.39. The Labute approximate surface area is 268 Å². The maximum Gasteiger partial charge on any atom is 0.463 e. The van der Waals surface area contributed by atoms with Crippen LogP contribution in [0.3, 0.4) is 0 Å². The van der Waals surface area contributed by atoms with Crippen molar-refractivity contribution in [3.8, 4) is 11.5 Å². The number of hydrogen-bond acceptors (Lipinski definition) is 3. The van der Waals surface area contributed by atoms with Crippen LogP contribution in [-0.2, 0) is 4.52 Å². The first-order valence-corrected chi connectivity index (χ1v) is 17.6. The van der Waals surface area contributed by atoms with Gasteiger partial charge < -0.3 is 9.05 Å². The van der Waals surface area contributed by atoms with E-state index in [2.05, 4.69) is 129 Å². The fraction of sp³-hybridized carbons (Fsp3) is 0.100. The normalized spacial score (nSPS) is 12.2. The minimum atomic E-state index is -1.81. The summed E-state index contributed by atoms with van der Waals surface area (Å²) in [6, 6.07) is 52.5. The molecule has 0 spiro atoms. The summed E-state index contributed by atoms with van der Waals surface area (Å²) < 4.78 is 19.9. The van der Waals surface area contributed by atoms with Gasteiger partial charge in [-0.25, -0.2) is 0 Å². The predicted molar refractivity (Wildman–Crippen MR) is 193 cm³/mol. The van der Waals surface area contributed by atoms with E-state index in [1.165, 1.54) is 10.6 Å². The molecular weight excluding hydrogens is 590 g/mol. The zero-order valence-electron chi connectivity index (χ0n) is 25.5. The van der Waals surface area contributed by atoms with E-state index < -0.39 is 16.5 Å². The highest BCUT2D eigenvalue weighted by Crippen LogP contribution is 2.47. The van der Waals surface area contributed by atoms with Crippen LogP contribution in [0.1, 0.15) is 30.9 Å². The van der Waals surface area contributed by atoms with Crippen LogP contribution in [0.25, 0.3) is 16.8 Å². The van der Waals surface area contributed by atoms with Gasteiger partial charge in [-0.2, -0.15) is 0 Å². The van der Waals surface area contributed by atoms with Gasteiger partial charge in [-0.05, 0) is 58.5 Å². The van der Waals surface area contributed by atoms with Gasteiger partial charge in [0, 0.05) is 5.30 Å². The summed E-state index contributed by atoms with van der Waals surface area (Å²) in [6.07, 6.45) is 4.06. The zero-order chi connectivity index (χ0) is 30.8. The van der Waals surface area contributed by atoms with Crippen LogP contribution in [0.5, 0.6) is 11.5 Å². The second-order valence-electron chi connectivity index (χ2n) is 10.9. The highest BCUT2D eigenvalue weighted by atomic mass is 31.2. The summed E-state index contributed by atoms with van der Waals surface area (Å²) in [5.74, 6) is 1.79. The first-order chi connectivity index (χ1) is 22.2. The summed E-state index contributed by atoms with van der Waals surface area (Å²) in [7, 11) is -2.72. The van der Waals surface area contributed by atoms with Gasteiger partial charge in [0.15, 0.2) is 0 Å². The van der Waals surface area contributed by atoms with Crippen molar-refractivity contribution in [3.63, 3.8) is 0 Å². The average molecular weight is 627 g/mol. The van der Waals surface area contributed by atoms with Crippen LogP contribution in [0.4, 0.5) is 0 Å². The molecule has 0 saturated heterocycles. The van der Waals surface area contributed by atoms with E-state index in [0.717, 1.165) is 33.0 Å². The zero-order valence-corrected chi connectivity index (χ0v) is 27.3. The Bertz CT molecular complexity index is 1800. The Morgan fingerprint density at radius 1 is 0.600 bits per heavy atom. The Morgan fingerprint density at radius 3 is 1.89 bits per heavy atom. The molecule has 0 amide bonds. The number of para-hydroxylation sites is 1. The molecule has 3 nitrogen and oxygen atoms in total. The van der Waals surface area contributed by atoms with Gasteiger partial charge in [-0.1, -0.05) is 166 Å². The van der Waals surface area contributed by atoms with Crippen LogP contribution in [0.2, 0.25) is 0 Å². The summed E-state index contributed by atoms with van der Waals surface area (Å²) in [4.78, 5) is 0. The van der Waals surface area contributed by atoms with E-state index in [1.54, 1.807) is 0 Å². The van der Waals surface area contributed by atoms with Crippen LogP contribution in [0.15, 0.2) is 158 Å². The van der Waals surface area contributed by atoms with Crippen LogP contribution in [0, 0.1) is 0 Å². The molecule has 0 aliphatic heterocycles. The Morgan fingerprint density at radius 2 is 1.22 bits per heavy atom. The van der Waals surface area contributed by atoms with Crippen molar-refractivity contribution < 1.29 is 13.6 Å². The van der Waals surface area contributed by atoms with E-state index >= 15 is 0 Å². The molecule has 6 aromatic carbocycles. The number of fused-ring (bicyclic) bond motifs is 1. The molecule has 0 aliphatic rings. The molecule has 45 heavy (non-hydrogen) atoms. The van der Waals surface area contributed by atoms with Crippen molar-refractivity contribution >= 4 is 49.3 Å². The molecule has 0 N–H and O–H groups in total. The monoisotopic (exact) mass is 626 g/mol. The number of hydrogen-bond donors (Lipinski definition) is 0. The standard InChI is InChI=1S/C40H36O3P2/c1-31(2)38-25-14-26-39(44(36-21-8-4-9-22-36)37-23-10-5-11-24-37)40(38)43-45(41-29-15-18-32-16-6-3-7-17-32)42-35-28-27-33-19-12-13-20-34(33)30-35/h3-28,30-31H,29H2,1-2H3/b18-15-. The van der Waals surface area contributed by atoms with Crippen molar-refractivity contribution in [3.05, 3.63) is 169 Å². The molecule has 0 saturated carbocycles. The minimum Gasteiger partial charge on any atom is -0.418 e. The third-order valence-electron chi connectivity index (χ3n) is 7.37. The smallest absolute Gasteiger partial charge is 0.418 e. The van der Waals surface area contributed by atoms with Crippen molar-refractivity contribution in [2.24, 2.45) is 0 Å². The van der Waals surface area contributed by atoms with Gasteiger partial charge in [0.1, 0.15) is 11.5 Å². The first kappa shape index (κ1) is 30.8. The van der Waals surface area contributed by atoms with Gasteiger partial charge in [0.25, 0.3) is 0 Å². The van der Waals surface area contributed by atoms with Gasteiger partial charge in [-0.3, -0.25) is 4.52 Å². The number of benzene rings is 6. The van der Waals surface area contributed by atoms with E-state index in [9.17, 15) is 0 Å². The van der Waals surface area contributed by atoms with E-state index in [1.807, 2.05) is 48.5 Å². The SMILES string of the molecule is CC(C)c1cccc(P(c2ccccc2)c2ccccc2)c1OP(OC/C=C\c1ccccc1)Oc1ccc2ccccc2c1. The molecule has 224 valence electrons. The fourth-order valence-corrected chi connectivity index (χ4v) is 8.63.